The number of hydrogen-bond donors (Lipinski definition) is 2. The Bertz CT molecular complexity index is 1160. The molecule has 0 amide bonds. The molecule has 209 valence electrons. The summed E-state index contributed by atoms with van der Waals surface area (Å²) in [7, 11) is 0. The molecule has 0 fully saturated rings. The van der Waals surface area contributed by atoms with Gasteiger partial charge in [-0.05, 0) is 80.3 Å². The molecule has 0 aliphatic rings. The van der Waals surface area contributed by atoms with Crippen LogP contribution in [0.25, 0.3) is 0 Å². The number of aryl methyl sites for hydroxylation is 2. The number of aliphatic imine (C=N–C) groups is 2. The first-order valence-electron chi connectivity index (χ1n) is 12.2. The van der Waals surface area contributed by atoms with E-state index in [2.05, 4.69) is 23.8 Å². The minimum absolute atomic E-state index is 0. The molecule has 3 aromatic carbocycles. The first-order valence-corrected chi connectivity index (χ1v) is 12.2. The molecule has 8 nitrogen and oxygen atoms in total. The fraction of sp³-hybridized carbons (Fsp3) is 0.267. The van der Waals surface area contributed by atoms with Gasteiger partial charge in [-0.1, -0.05) is 44.9 Å². The zero-order chi connectivity index (χ0) is 28.5. The van der Waals surface area contributed by atoms with Gasteiger partial charge in [-0.25, -0.2) is 0 Å². The van der Waals surface area contributed by atoms with Gasteiger partial charge in [0.1, 0.15) is 11.5 Å². The van der Waals surface area contributed by atoms with E-state index in [9.17, 15) is 10.2 Å². The van der Waals surface area contributed by atoms with E-state index in [1.54, 1.807) is 24.6 Å². The molecule has 9 heteroatoms. The second-order valence-electron chi connectivity index (χ2n) is 8.31. The van der Waals surface area contributed by atoms with Crippen molar-refractivity contribution in [1.29, 1.82) is 0 Å². The van der Waals surface area contributed by atoms with E-state index < -0.39 is 11.9 Å². The van der Waals surface area contributed by atoms with Gasteiger partial charge >= 0.3 is 16.8 Å². The molecule has 3 aromatic rings. The summed E-state index contributed by atoms with van der Waals surface area (Å²) in [5.74, 6) is -1.73. The molecule has 2 N–H and O–H groups in total. The number of hydrogen-bond acceptors (Lipinski definition) is 8. The van der Waals surface area contributed by atoms with Crippen LogP contribution in [0.15, 0.2) is 70.6 Å². The van der Waals surface area contributed by atoms with Gasteiger partial charge in [-0.15, -0.1) is 0 Å². The van der Waals surface area contributed by atoms with Gasteiger partial charge in [-0.2, -0.15) is 0 Å². The molecule has 3 rings (SSSR count). The molecule has 0 spiro atoms. The monoisotopic (exact) mass is 577 g/mol. The first kappa shape index (κ1) is 35.0. The van der Waals surface area contributed by atoms with Crippen molar-refractivity contribution >= 4 is 35.7 Å². The van der Waals surface area contributed by atoms with Gasteiger partial charge in [0.05, 0.1) is 11.4 Å². The predicted octanol–water partition coefficient (Wildman–Crippen LogP) is 4.01. The van der Waals surface area contributed by atoms with Crippen LogP contribution in [-0.2, 0) is 39.2 Å². The number of nitrogens with zero attached hydrogens (tertiary/aromatic N) is 2. The van der Waals surface area contributed by atoms with E-state index >= 15 is 0 Å². The van der Waals surface area contributed by atoms with Crippen LogP contribution >= 0.6 is 0 Å². The Morgan fingerprint density at radius 3 is 1.41 bits per heavy atom. The number of benzene rings is 3. The van der Waals surface area contributed by atoms with E-state index in [1.807, 2.05) is 48.5 Å². The Morgan fingerprint density at radius 2 is 1.08 bits per heavy atom. The molecule has 0 bridgehead atoms. The van der Waals surface area contributed by atoms with Gasteiger partial charge < -0.3 is 30.0 Å². The summed E-state index contributed by atoms with van der Waals surface area (Å²) < 4.78 is 0. The molecule has 0 aliphatic carbocycles. The fourth-order valence-corrected chi connectivity index (χ4v) is 3.24. The van der Waals surface area contributed by atoms with Crippen LogP contribution in [0.4, 0.5) is 11.4 Å². The van der Waals surface area contributed by atoms with Crippen molar-refractivity contribution in [3.8, 4) is 11.5 Å². The van der Waals surface area contributed by atoms with Crippen LogP contribution in [0.3, 0.4) is 0 Å². The van der Waals surface area contributed by atoms with Crippen LogP contribution < -0.4 is 10.2 Å². The largest absolute Gasteiger partial charge is 2.00 e. The third-order valence-corrected chi connectivity index (χ3v) is 4.80. The number of aliphatic carboxylic acids is 2. The number of rotatable bonds is 8. The van der Waals surface area contributed by atoms with E-state index in [0.29, 0.717) is 11.1 Å². The Labute approximate surface area is 240 Å². The zero-order valence-electron chi connectivity index (χ0n) is 22.5. The van der Waals surface area contributed by atoms with E-state index in [1.165, 1.54) is 11.1 Å². The second-order valence-corrected chi connectivity index (χ2v) is 8.31. The van der Waals surface area contributed by atoms with Crippen LogP contribution in [0.1, 0.15) is 62.8 Å². The summed E-state index contributed by atoms with van der Waals surface area (Å²) in [5, 5.41) is 38.0. The van der Waals surface area contributed by atoms with Crippen molar-refractivity contribution < 1.29 is 46.8 Å². The Morgan fingerprint density at radius 1 is 0.718 bits per heavy atom. The minimum atomic E-state index is -1.08. The van der Waals surface area contributed by atoms with Crippen LogP contribution in [0.5, 0.6) is 11.5 Å². The molecule has 0 unspecified atom stereocenters. The van der Waals surface area contributed by atoms with E-state index in [0.717, 1.165) is 50.9 Å². The van der Waals surface area contributed by atoms with Crippen molar-refractivity contribution in [2.75, 3.05) is 0 Å². The molecule has 0 atom stereocenters. The fourth-order valence-electron chi connectivity index (χ4n) is 3.24. The van der Waals surface area contributed by atoms with Gasteiger partial charge in [0.15, 0.2) is 0 Å². The minimum Gasteiger partial charge on any atom is -0.550 e. The number of aromatic hydroxyl groups is 2. The quantitative estimate of drug-likeness (QED) is 0.387. The Kier molecular flexibility index (Phi) is 17.2. The van der Waals surface area contributed by atoms with Gasteiger partial charge in [0.25, 0.3) is 0 Å². The third-order valence-electron chi connectivity index (χ3n) is 4.80. The molecule has 0 heterocycles. The molecule has 0 aromatic heterocycles. The zero-order valence-corrected chi connectivity index (χ0v) is 23.6. The predicted molar refractivity (Wildman–Crippen MR) is 147 cm³/mol. The van der Waals surface area contributed by atoms with Crippen LogP contribution in [0.2, 0.25) is 0 Å². The van der Waals surface area contributed by atoms with E-state index in [-0.39, 0.29) is 28.3 Å². The molecule has 1 radical (unpaired) electrons. The van der Waals surface area contributed by atoms with Crippen molar-refractivity contribution in [2.24, 2.45) is 9.98 Å². The van der Waals surface area contributed by atoms with Crippen molar-refractivity contribution in [3.63, 3.8) is 0 Å². The number of phenolic OH excluding ortho intramolecular Hbond substituents is 2. The third kappa shape index (κ3) is 15.1. The summed E-state index contributed by atoms with van der Waals surface area (Å²) in [5.41, 5.74) is 5.25. The van der Waals surface area contributed by atoms with Crippen LogP contribution in [-0.4, -0.2) is 34.6 Å². The summed E-state index contributed by atoms with van der Waals surface area (Å²) in [4.78, 5) is 26.8. The summed E-state index contributed by atoms with van der Waals surface area (Å²) in [6.07, 6.45) is 7.40. The van der Waals surface area contributed by atoms with Crippen molar-refractivity contribution in [1.82, 2.24) is 0 Å². The first-order chi connectivity index (χ1) is 18.0. The molecular weight excluding hydrogens is 543 g/mol. The van der Waals surface area contributed by atoms with E-state index in [4.69, 9.17) is 19.8 Å². The number of phenols is 2. The van der Waals surface area contributed by atoms with Gasteiger partial charge in [0, 0.05) is 35.5 Å². The smallest absolute Gasteiger partial charge is 0.550 e. The molecule has 39 heavy (non-hydrogen) atoms. The molecular formula is C30H34CoN2O6. The number of carbonyl (C=O) groups excluding carboxylic acids is 2. The van der Waals surface area contributed by atoms with Crippen molar-refractivity contribution in [2.45, 2.75) is 53.4 Å². The average molecular weight is 578 g/mol. The van der Waals surface area contributed by atoms with Crippen LogP contribution in [0, 0.1) is 0 Å². The maximum absolute atomic E-state index is 10.1. The molecule has 0 saturated heterocycles. The van der Waals surface area contributed by atoms with Gasteiger partial charge in [-0.3, -0.25) is 9.98 Å². The SMILES string of the molecule is CC(=O)[O-].CC(=O)[O-].CCCc1ccc(O)c(C=Nc2cccc(N=Cc3cc(CCC)ccc3O)c2)c1.[Co+2]. The molecule has 0 aliphatic heterocycles. The summed E-state index contributed by atoms with van der Waals surface area (Å²) in [6.45, 7) is 6.21. The number of carboxylic acids is 2. The molecule has 0 saturated carbocycles. The Hall–Kier alpha value is -3.95. The second kappa shape index (κ2) is 19.2. The standard InChI is InChI=1S/C26H28N2O2.2C2H4O2.Co/c1-3-6-19-10-12-25(29)21(14-19)17-27-23-8-5-9-24(16-23)28-18-22-15-20(7-4-2)11-13-26(22)30;2*1-2(3)4;/h5,8-18,29-30H,3-4,6-7H2,1-2H3;2*1H3,(H,3,4);/q;;;+2/p-2. The average Bonchev–Trinajstić information content (AvgIpc) is 2.84. The Balaban J connectivity index is 0.00000142. The van der Waals surface area contributed by atoms with Gasteiger partial charge in [0.2, 0.25) is 0 Å². The number of carbonyl (C=O) groups is 2. The summed E-state index contributed by atoms with van der Waals surface area (Å²) in [6, 6.07) is 18.8. The summed E-state index contributed by atoms with van der Waals surface area (Å²) >= 11 is 0. The normalized spacial score (nSPS) is 10.2. The number of carboxylic acid groups (broad SMARTS) is 2. The topological polar surface area (TPSA) is 145 Å². The maximum Gasteiger partial charge on any atom is 2.00 e. The maximum atomic E-state index is 10.1. The van der Waals surface area contributed by atoms with Crippen molar-refractivity contribution in [3.05, 3.63) is 82.9 Å².